The van der Waals surface area contributed by atoms with E-state index < -0.39 is 12.0 Å². The lowest BCUT2D eigenvalue weighted by atomic mass is 10.1. The predicted molar refractivity (Wildman–Crippen MR) is 56.2 cm³/mol. The number of hydrogen-bond donors (Lipinski definition) is 2. The third-order valence-corrected chi connectivity index (χ3v) is 1.97. The quantitative estimate of drug-likeness (QED) is 0.326. The van der Waals surface area contributed by atoms with Gasteiger partial charge in [0.05, 0.1) is 0 Å². The molecular weight excluding hydrogens is 196 g/mol. The van der Waals surface area contributed by atoms with Gasteiger partial charge in [0.25, 0.3) is 0 Å². The molecule has 0 amide bonds. The van der Waals surface area contributed by atoms with Gasteiger partial charge >= 0.3 is 5.97 Å². The van der Waals surface area contributed by atoms with Gasteiger partial charge in [-0.25, -0.2) is 0 Å². The summed E-state index contributed by atoms with van der Waals surface area (Å²) in [6.07, 6.45) is 0.191. The number of nitrogens with two attached hydrogens (primary N) is 1. The molecule has 3 N–H and O–H groups in total. The molecule has 1 rings (SSSR count). The molecule has 1 atom stereocenters. The van der Waals surface area contributed by atoms with Crippen LogP contribution in [-0.4, -0.2) is 28.6 Å². The number of carboxylic acids is 1. The molecule has 1 aromatic carbocycles. The number of aliphatic carboxylic acids is 1. The minimum absolute atomic E-state index is 0.191. The van der Waals surface area contributed by atoms with Gasteiger partial charge in [-0.1, -0.05) is 12.1 Å². The maximum atomic E-state index is 10.9. The maximum absolute atomic E-state index is 10.9. The summed E-state index contributed by atoms with van der Waals surface area (Å²) in [5.41, 5.74) is 6.45. The Hall–Kier alpha value is -1.88. The van der Waals surface area contributed by atoms with Crippen molar-refractivity contribution in [2.45, 2.75) is 12.5 Å². The van der Waals surface area contributed by atoms with Crippen LogP contribution in [0.1, 0.15) is 5.56 Å². The SMILES string of the molecule is C=[N+]([O-])c1cccc(C[C@H](N)C(=O)O)c1. The molecule has 0 saturated heterocycles. The molecule has 0 fully saturated rings. The summed E-state index contributed by atoms with van der Waals surface area (Å²) in [5.74, 6) is -1.06. The van der Waals surface area contributed by atoms with Crippen LogP contribution in [0.2, 0.25) is 0 Å². The second-order valence-corrected chi connectivity index (χ2v) is 3.20. The van der Waals surface area contributed by atoms with Crippen molar-refractivity contribution < 1.29 is 14.6 Å². The Labute approximate surface area is 87.0 Å². The summed E-state index contributed by atoms with van der Waals surface area (Å²) in [5, 5.41) is 19.5. The Balaban J connectivity index is 2.82. The van der Waals surface area contributed by atoms with Crippen LogP contribution in [-0.2, 0) is 11.2 Å². The van der Waals surface area contributed by atoms with E-state index in [9.17, 15) is 10.0 Å². The molecule has 1 aromatic rings. The molecule has 0 bridgehead atoms. The third kappa shape index (κ3) is 3.07. The summed E-state index contributed by atoms with van der Waals surface area (Å²) in [4.78, 5) is 10.5. The first kappa shape index (κ1) is 11.2. The molecule has 0 aromatic heterocycles. The van der Waals surface area contributed by atoms with Crippen LogP contribution in [0.5, 0.6) is 0 Å². The van der Waals surface area contributed by atoms with Gasteiger partial charge in [0.1, 0.15) is 12.8 Å². The van der Waals surface area contributed by atoms with Crippen molar-refractivity contribution in [3.63, 3.8) is 0 Å². The lowest BCUT2D eigenvalue weighted by molar-refractivity contribution is -0.349. The summed E-state index contributed by atoms with van der Waals surface area (Å²) < 4.78 is 0.468. The number of carboxylic acid groups (broad SMARTS) is 1. The lowest BCUT2D eigenvalue weighted by Crippen LogP contribution is -2.32. The molecule has 80 valence electrons. The molecule has 0 aliphatic carbocycles. The van der Waals surface area contributed by atoms with Crippen LogP contribution >= 0.6 is 0 Å². The van der Waals surface area contributed by atoms with Gasteiger partial charge in [0.2, 0.25) is 5.69 Å². The lowest BCUT2D eigenvalue weighted by Gasteiger charge is -2.07. The van der Waals surface area contributed by atoms with Gasteiger partial charge in [-0.15, -0.1) is 0 Å². The normalized spacial score (nSPS) is 12.1. The van der Waals surface area contributed by atoms with Crippen molar-refractivity contribution >= 4 is 18.4 Å². The van der Waals surface area contributed by atoms with Crippen LogP contribution in [0.3, 0.4) is 0 Å². The number of rotatable bonds is 4. The fraction of sp³-hybridized carbons (Fsp3) is 0.200. The van der Waals surface area contributed by atoms with Crippen molar-refractivity contribution in [1.29, 1.82) is 0 Å². The zero-order valence-electron chi connectivity index (χ0n) is 8.09. The van der Waals surface area contributed by atoms with Crippen molar-refractivity contribution in [3.8, 4) is 0 Å². The molecule has 0 spiro atoms. The highest BCUT2D eigenvalue weighted by atomic mass is 16.5. The average molecular weight is 208 g/mol. The summed E-state index contributed by atoms with van der Waals surface area (Å²) in [7, 11) is 0. The second kappa shape index (κ2) is 4.56. The van der Waals surface area contributed by atoms with Crippen molar-refractivity contribution in [3.05, 3.63) is 35.0 Å². The number of benzene rings is 1. The van der Waals surface area contributed by atoms with Gasteiger partial charge in [-0.05, 0) is 12.0 Å². The van der Waals surface area contributed by atoms with Gasteiger partial charge in [0, 0.05) is 12.1 Å². The third-order valence-electron chi connectivity index (χ3n) is 1.97. The summed E-state index contributed by atoms with van der Waals surface area (Å²) in [6.45, 7) is 3.19. The van der Waals surface area contributed by atoms with Crippen molar-refractivity contribution in [2.24, 2.45) is 5.73 Å². The molecule has 0 radical (unpaired) electrons. The molecule has 0 unspecified atom stereocenters. The van der Waals surface area contributed by atoms with Gasteiger partial charge in [0.15, 0.2) is 0 Å². The standard InChI is InChI=1S/C10H12N2O3/c1-12(15)8-4-2-3-7(5-8)6-9(11)10(13)14/h2-5,9H,1,6,11H2,(H,13,14)/t9-/m0/s1. The van der Waals surface area contributed by atoms with E-state index in [-0.39, 0.29) is 6.42 Å². The maximum Gasteiger partial charge on any atom is 0.320 e. The fourth-order valence-electron chi connectivity index (χ4n) is 1.18. The minimum Gasteiger partial charge on any atom is -0.619 e. The largest absolute Gasteiger partial charge is 0.619 e. The highest BCUT2D eigenvalue weighted by molar-refractivity contribution is 5.73. The van der Waals surface area contributed by atoms with E-state index in [2.05, 4.69) is 6.72 Å². The van der Waals surface area contributed by atoms with E-state index in [1.165, 1.54) is 0 Å². The Morgan fingerprint density at radius 1 is 1.67 bits per heavy atom. The van der Waals surface area contributed by atoms with E-state index in [4.69, 9.17) is 10.8 Å². The molecule has 0 aliphatic heterocycles. The predicted octanol–water partition coefficient (Wildman–Crippen LogP) is 0.483. The molecule has 5 heteroatoms. The van der Waals surface area contributed by atoms with E-state index in [1.807, 2.05) is 0 Å². The van der Waals surface area contributed by atoms with Crippen LogP contribution in [0.25, 0.3) is 0 Å². The van der Waals surface area contributed by atoms with Crippen LogP contribution in [0.4, 0.5) is 5.69 Å². The van der Waals surface area contributed by atoms with Crippen LogP contribution in [0, 0.1) is 5.21 Å². The van der Waals surface area contributed by atoms with Crippen LogP contribution in [0.15, 0.2) is 24.3 Å². The molecular formula is C10H12N2O3. The molecule has 0 aliphatic rings. The Kier molecular flexibility index (Phi) is 3.41. The van der Waals surface area contributed by atoms with E-state index in [0.29, 0.717) is 16.0 Å². The topological polar surface area (TPSA) is 89.4 Å². The fourth-order valence-corrected chi connectivity index (χ4v) is 1.18. The molecule has 5 nitrogen and oxygen atoms in total. The van der Waals surface area contributed by atoms with E-state index in [1.54, 1.807) is 24.3 Å². The van der Waals surface area contributed by atoms with Crippen molar-refractivity contribution in [1.82, 2.24) is 0 Å². The Bertz CT molecular complexity index is 390. The van der Waals surface area contributed by atoms with E-state index >= 15 is 0 Å². The molecule has 0 saturated carbocycles. The van der Waals surface area contributed by atoms with Crippen molar-refractivity contribution in [2.75, 3.05) is 0 Å². The number of hydrogen-bond acceptors (Lipinski definition) is 3. The van der Waals surface area contributed by atoms with Gasteiger partial charge in [-0.2, -0.15) is 4.74 Å². The molecule has 0 heterocycles. The summed E-state index contributed by atoms with van der Waals surface area (Å²) >= 11 is 0. The van der Waals surface area contributed by atoms with E-state index in [0.717, 1.165) is 0 Å². The number of carbonyl (C=O) groups is 1. The van der Waals surface area contributed by atoms with Crippen LogP contribution < -0.4 is 5.73 Å². The molecule has 15 heavy (non-hydrogen) atoms. The zero-order chi connectivity index (χ0) is 11.4. The van der Waals surface area contributed by atoms with Gasteiger partial charge < -0.3 is 16.0 Å². The highest BCUT2D eigenvalue weighted by Crippen LogP contribution is 2.13. The Morgan fingerprint density at radius 2 is 2.33 bits per heavy atom. The zero-order valence-corrected chi connectivity index (χ0v) is 8.09. The number of nitrogens with zero attached hydrogens (tertiary/aromatic N) is 1. The second-order valence-electron chi connectivity index (χ2n) is 3.20. The average Bonchev–Trinajstić information content (AvgIpc) is 2.18. The summed E-state index contributed by atoms with van der Waals surface area (Å²) in [6, 6.07) is 5.59. The first-order chi connectivity index (χ1) is 7.00. The first-order valence-corrected chi connectivity index (χ1v) is 4.36. The van der Waals surface area contributed by atoms with Gasteiger partial charge in [-0.3, -0.25) is 4.79 Å². The first-order valence-electron chi connectivity index (χ1n) is 4.36. The Morgan fingerprint density at radius 3 is 2.87 bits per heavy atom. The highest BCUT2D eigenvalue weighted by Gasteiger charge is 2.12. The smallest absolute Gasteiger partial charge is 0.320 e. The monoisotopic (exact) mass is 208 g/mol. The minimum atomic E-state index is -1.06.